The molecule has 2 rings (SSSR count). The van der Waals surface area contributed by atoms with Gasteiger partial charge in [-0.05, 0) is 31.2 Å². The molecule has 0 spiro atoms. The molecule has 0 heterocycles. The fourth-order valence-electron chi connectivity index (χ4n) is 2.13. The van der Waals surface area contributed by atoms with Crippen molar-refractivity contribution in [3.05, 3.63) is 59.2 Å². The number of aldehydes is 1. The number of ether oxygens (including phenoxy) is 1. The van der Waals surface area contributed by atoms with Crippen LogP contribution in [-0.4, -0.2) is 29.1 Å². The van der Waals surface area contributed by atoms with Crippen molar-refractivity contribution in [3.8, 4) is 11.5 Å². The molecule has 2 N–H and O–H groups in total. The zero-order valence-corrected chi connectivity index (χ0v) is 12.5. The minimum atomic E-state index is -1.16. The molecule has 0 amide bonds. The lowest BCUT2D eigenvalue weighted by Crippen LogP contribution is -2.04. The van der Waals surface area contributed by atoms with Gasteiger partial charge in [-0.25, -0.2) is 4.79 Å². The topological polar surface area (TPSA) is 83.8 Å². The van der Waals surface area contributed by atoms with Crippen LogP contribution in [0.3, 0.4) is 0 Å². The van der Waals surface area contributed by atoms with Crippen LogP contribution in [0.5, 0.6) is 11.5 Å². The second-order valence-electron chi connectivity index (χ2n) is 4.73. The highest BCUT2D eigenvalue weighted by molar-refractivity contribution is 6.21. The summed E-state index contributed by atoms with van der Waals surface area (Å²) >= 11 is 0. The van der Waals surface area contributed by atoms with Crippen LogP contribution >= 0.6 is 0 Å². The average molecular weight is 312 g/mol. The molecule has 0 fully saturated rings. The average Bonchev–Trinajstić information content (AvgIpc) is 2.54. The van der Waals surface area contributed by atoms with E-state index in [1.54, 1.807) is 25.1 Å². The number of rotatable bonds is 6. The maximum Gasteiger partial charge on any atom is 0.336 e. The van der Waals surface area contributed by atoms with E-state index < -0.39 is 5.97 Å². The van der Waals surface area contributed by atoms with Gasteiger partial charge >= 0.3 is 5.97 Å². The molecule has 2 aromatic rings. The summed E-state index contributed by atoms with van der Waals surface area (Å²) in [6.45, 7) is 2.10. The molecule has 0 aromatic heterocycles. The van der Waals surface area contributed by atoms with E-state index in [0.717, 1.165) is 0 Å². The van der Waals surface area contributed by atoms with E-state index in [2.05, 4.69) is 0 Å². The standard InChI is InChI=1S/C18H16O5/c1-2-23-17-9-12(11-19)7-8-14(17)15(18(21)22)10-13-5-3-4-6-16(13)20/h3-11,20H,2H2,1H3,(H,21,22)/b15-10+. The highest BCUT2D eigenvalue weighted by atomic mass is 16.5. The van der Waals surface area contributed by atoms with Gasteiger partial charge in [0.1, 0.15) is 17.8 Å². The van der Waals surface area contributed by atoms with Gasteiger partial charge in [0.05, 0.1) is 12.2 Å². The number of para-hydroxylation sites is 1. The van der Waals surface area contributed by atoms with Crippen molar-refractivity contribution in [2.24, 2.45) is 0 Å². The zero-order valence-electron chi connectivity index (χ0n) is 12.5. The Morgan fingerprint density at radius 3 is 2.57 bits per heavy atom. The molecule has 0 aliphatic rings. The molecule has 0 saturated carbocycles. The number of phenols is 1. The van der Waals surface area contributed by atoms with Crippen LogP contribution in [0, 0.1) is 0 Å². The SMILES string of the molecule is CCOc1cc(C=O)ccc1/C(=C\c1ccccc1O)C(=O)O. The smallest absolute Gasteiger partial charge is 0.336 e. The lowest BCUT2D eigenvalue weighted by Gasteiger charge is -2.12. The van der Waals surface area contributed by atoms with E-state index in [4.69, 9.17) is 4.74 Å². The Hall–Kier alpha value is -3.08. The van der Waals surface area contributed by atoms with Gasteiger partial charge in [0.15, 0.2) is 0 Å². The first kappa shape index (κ1) is 16.3. The quantitative estimate of drug-likeness (QED) is 0.486. The predicted molar refractivity (Wildman–Crippen MR) is 86.6 cm³/mol. The molecule has 0 bridgehead atoms. The molecular weight excluding hydrogens is 296 g/mol. The lowest BCUT2D eigenvalue weighted by atomic mass is 10.00. The van der Waals surface area contributed by atoms with Crippen LogP contribution in [0.4, 0.5) is 0 Å². The highest BCUT2D eigenvalue weighted by Gasteiger charge is 2.17. The van der Waals surface area contributed by atoms with Gasteiger partial charge in [0.25, 0.3) is 0 Å². The van der Waals surface area contributed by atoms with Crippen LogP contribution in [0.2, 0.25) is 0 Å². The molecule has 0 aliphatic heterocycles. The third-order valence-corrected chi connectivity index (χ3v) is 3.20. The van der Waals surface area contributed by atoms with Gasteiger partial charge in [0, 0.05) is 16.7 Å². The molecule has 5 heteroatoms. The molecule has 2 aromatic carbocycles. The van der Waals surface area contributed by atoms with E-state index in [1.165, 1.54) is 30.3 Å². The van der Waals surface area contributed by atoms with Crippen molar-refractivity contribution >= 4 is 23.9 Å². The van der Waals surface area contributed by atoms with Gasteiger partial charge in [-0.2, -0.15) is 0 Å². The Bertz CT molecular complexity index is 762. The summed E-state index contributed by atoms with van der Waals surface area (Å²) < 4.78 is 5.45. The van der Waals surface area contributed by atoms with Crippen LogP contribution in [0.1, 0.15) is 28.4 Å². The Balaban J connectivity index is 2.60. The molecule has 0 saturated heterocycles. The second-order valence-corrected chi connectivity index (χ2v) is 4.73. The molecule has 118 valence electrons. The summed E-state index contributed by atoms with van der Waals surface area (Å²) in [5, 5.41) is 19.4. The van der Waals surface area contributed by atoms with Crippen molar-refractivity contribution in [1.29, 1.82) is 0 Å². The van der Waals surface area contributed by atoms with Gasteiger partial charge < -0.3 is 14.9 Å². The van der Waals surface area contributed by atoms with Crippen molar-refractivity contribution in [1.82, 2.24) is 0 Å². The van der Waals surface area contributed by atoms with Crippen LogP contribution in [-0.2, 0) is 4.79 Å². The van der Waals surface area contributed by atoms with E-state index in [9.17, 15) is 19.8 Å². The molecule has 23 heavy (non-hydrogen) atoms. The summed E-state index contributed by atoms with van der Waals surface area (Å²) in [6.07, 6.45) is 2.04. The summed E-state index contributed by atoms with van der Waals surface area (Å²) in [5.74, 6) is -0.872. The van der Waals surface area contributed by atoms with Gasteiger partial charge in [-0.15, -0.1) is 0 Å². The second kappa shape index (κ2) is 7.26. The molecule has 5 nitrogen and oxygen atoms in total. The number of carboxylic acid groups (broad SMARTS) is 1. The van der Waals surface area contributed by atoms with Crippen LogP contribution in [0.25, 0.3) is 11.6 Å². The number of hydrogen-bond acceptors (Lipinski definition) is 4. The number of carboxylic acids is 1. The summed E-state index contributed by atoms with van der Waals surface area (Å²) in [6, 6.07) is 11.0. The normalized spacial score (nSPS) is 11.1. The van der Waals surface area contributed by atoms with Crippen molar-refractivity contribution in [2.75, 3.05) is 6.61 Å². The number of hydrogen-bond donors (Lipinski definition) is 2. The monoisotopic (exact) mass is 312 g/mol. The Labute approximate surface area is 133 Å². The number of benzene rings is 2. The van der Waals surface area contributed by atoms with Crippen molar-refractivity contribution < 1.29 is 24.5 Å². The summed E-state index contributed by atoms with van der Waals surface area (Å²) in [4.78, 5) is 22.5. The molecular formula is C18H16O5. The van der Waals surface area contributed by atoms with Gasteiger partial charge in [0.2, 0.25) is 0 Å². The fraction of sp³-hybridized carbons (Fsp3) is 0.111. The minimum absolute atomic E-state index is 0.0197. The number of carbonyl (C=O) groups excluding carboxylic acids is 1. The predicted octanol–water partition coefficient (Wildman–Crippen LogP) is 3.23. The van der Waals surface area contributed by atoms with Gasteiger partial charge in [-0.3, -0.25) is 4.79 Å². The van der Waals surface area contributed by atoms with Crippen molar-refractivity contribution in [3.63, 3.8) is 0 Å². The Morgan fingerprint density at radius 2 is 1.96 bits per heavy atom. The first-order valence-electron chi connectivity index (χ1n) is 7.02. The van der Waals surface area contributed by atoms with E-state index in [1.807, 2.05) is 0 Å². The Morgan fingerprint density at radius 1 is 1.22 bits per heavy atom. The van der Waals surface area contributed by atoms with Crippen LogP contribution in [0.15, 0.2) is 42.5 Å². The van der Waals surface area contributed by atoms with Crippen molar-refractivity contribution in [2.45, 2.75) is 6.92 Å². The highest BCUT2D eigenvalue weighted by Crippen LogP contribution is 2.30. The number of carbonyl (C=O) groups is 2. The maximum atomic E-state index is 11.7. The lowest BCUT2D eigenvalue weighted by molar-refractivity contribution is -0.130. The molecule has 0 radical (unpaired) electrons. The number of aliphatic carboxylic acids is 1. The number of phenolic OH excluding ortho intramolecular Hbond substituents is 1. The zero-order chi connectivity index (χ0) is 16.8. The molecule has 0 unspecified atom stereocenters. The van der Waals surface area contributed by atoms with E-state index in [0.29, 0.717) is 35.3 Å². The first-order chi connectivity index (χ1) is 11.1. The minimum Gasteiger partial charge on any atom is -0.507 e. The Kier molecular flexibility index (Phi) is 5.15. The van der Waals surface area contributed by atoms with E-state index in [-0.39, 0.29) is 11.3 Å². The third-order valence-electron chi connectivity index (χ3n) is 3.20. The molecule has 0 aliphatic carbocycles. The largest absolute Gasteiger partial charge is 0.507 e. The summed E-state index contributed by atoms with van der Waals surface area (Å²) in [7, 11) is 0. The maximum absolute atomic E-state index is 11.7. The number of aromatic hydroxyl groups is 1. The van der Waals surface area contributed by atoms with E-state index >= 15 is 0 Å². The first-order valence-corrected chi connectivity index (χ1v) is 7.02. The summed E-state index contributed by atoms with van der Waals surface area (Å²) in [5.41, 5.74) is 1.08. The fourth-order valence-corrected chi connectivity index (χ4v) is 2.13. The molecule has 0 atom stereocenters. The van der Waals surface area contributed by atoms with Gasteiger partial charge in [-0.1, -0.05) is 24.3 Å². The third kappa shape index (κ3) is 3.77. The van der Waals surface area contributed by atoms with Crippen LogP contribution < -0.4 is 4.74 Å².